The molecule has 2 unspecified atom stereocenters. The van der Waals surface area contributed by atoms with Crippen molar-refractivity contribution in [1.82, 2.24) is 9.55 Å². The van der Waals surface area contributed by atoms with Crippen molar-refractivity contribution in [3.05, 3.63) is 20.8 Å². The lowest BCUT2D eigenvalue weighted by atomic mass is 10.1. The third-order valence-corrected chi connectivity index (χ3v) is 7.22. The second-order valence-electron chi connectivity index (χ2n) is 6.73. The second-order valence-corrected chi connectivity index (χ2v) is 9.13. The molecule has 1 aliphatic rings. The predicted molar refractivity (Wildman–Crippen MR) is 105 cm³/mol. The van der Waals surface area contributed by atoms with E-state index in [0.717, 1.165) is 35.9 Å². The summed E-state index contributed by atoms with van der Waals surface area (Å²) < 4.78 is 1.77. The van der Waals surface area contributed by atoms with Gasteiger partial charge in [0.25, 0.3) is 5.56 Å². The van der Waals surface area contributed by atoms with E-state index < -0.39 is 11.2 Å². The van der Waals surface area contributed by atoms with Crippen LogP contribution in [0.25, 0.3) is 10.2 Å². The molecular formula is C18H25N3O2S2. The number of thioether (sulfide) groups is 1. The number of nitrogens with two attached hydrogens (primary N) is 1. The summed E-state index contributed by atoms with van der Waals surface area (Å²) in [6.45, 7) is 5.84. The van der Waals surface area contributed by atoms with Gasteiger partial charge in [0.05, 0.1) is 10.6 Å². The van der Waals surface area contributed by atoms with Crippen molar-refractivity contribution in [2.24, 2.45) is 5.73 Å². The smallest absolute Gasteiger partial charge is 0.263 e. The molecule has 0 saturated carbocycles. The van der Waals surface area contributed by atoms with E-state index in [-0.39, 0.29) is 11.6 Å². The van der Waals surface area contributed by atoms with E-state index in [1.807, 2.05) is 6.92 Å². The summed E-state index contributed by atoms with van der Waals surface area (Å²) in [6.07, 6.45) is 6.38. The summed E-state index contributed by atoms with van der Waals surface area (Å²) in [4.78, 5) is 31.8. The van der Waals surface area contributed by atoms with Crippen LogP contribution in [0.15, 0.2) is 9.95 Å². The van der Waals surface area contributed by atoms with Crippen LogP contribution in [0.4, 0.5) is 0 Å². The summed E-state index contributed by atoms with van der Waals surface area (Å²) in [5.74, 6) is -0.392. The fourth-order valence-electron chi connectivity index (χ4n) is 3.25. The molecule has 5 nitrogen and oxygen atoms in total. The number of fused-ring (bicyclic) bond motifs is 3. The first-order valence-electron chi connectivity index (χ1n) is 8.96. The monoisotopic (exact) mass is 379 g/mol. The average Bonchev–Trinajstić information content (AvgIpc) is 2.76. The molecule has 2 heterocycles. The zero-order valence-electron chi connectivity index (χ0n) is 15.0. The van der Waals surface area contributed by atoms with Crippen molar-refractivity contribution in [1.29, 1.82) is 0 Å². The Hall–Kier alpha value is -1.34. The van der Waals surface area contributed by atoms with E-state index in [0.29, 0.717) is 5.16 Å². The maximum Gasteiger partial charge on any atom is 0.263 e. The van der Waals surface area contributed by atoms with Gasteiger partial charge in [-0.05, 0) is 51.5 Å². The molecule has 2 aromatic rings. The first-order chi connectivity index (χ1) is 11.9. The fourth-order valence-corrected chi connectivity index (χ4v) is 5.51. The molecule has 2 aromatic heterocycles. The second kappa shape index (κ2) is 7.50. The standard InChI is InChI=1S/C18H25N3O2S2/c1-4-10(2)21-17(23)14-12-8-6-5-7-9-13(12)25-16(14)20-18(21)24-11(3)15(19)22/h10-11H,4-9H2,1-3H3,(H2,19,22). The van der Waals surface area contributed by atoms with Crippen molar-refractivity contribution in [2.45, 2.75) is 75.7 Å². The van der Waals surface area contributed by atoms with Crippen LogP contribution in [-0.2, 0) is 17.6 Å². The molecule has 7 heteroatoms. The highest BCUT2D eigenvalue weighted by atomic mass is 32.2. The molecule has 2 atom stereocenters. The lowest BCUT2D eigenvalue weighted by Gasteiger charge is -2.19. The van der Waals surface area contributed by atoms with Crippen LogP contribution < -0.4 is 11.3 Å². The molecule has 0 spiro atoms. The zero-order valence-corrected chi connectivity index (χ0v) is 16.6. The molecule has 2 N–H and O–H groups in total. The van der Waals surface area contributed by atoms with Crippen molar-refractivity contribution >= 4 is 39.2 Å². The summed E-state index contributed by atoms with van der Waals surface area (Å²) in [5.41, 5.74) is 6.67. The maximum atomic E-state index is 13.3. The number of carbonyl (C=O) groups is 1. The highest BCUT2D eigenvalue weighted by molar-refractivity contribution is 8.00. The summed E-state index contributed by atoms with van der Waals surface area (Å²) >= 11 is 2.94. The number of aromatic nitrogens is 2. The van der Waals surface area contributed by atoms with E-state index in [2.05, 4.69) is 6.92 Å². The van der Waals surface area contributed by atoms with E-state index in [1.165, 1.54) is 35.0 Å². The van der Waals surface area contributed by atoms with Gasteiger partial charge in [-0.3, -0.25) is 14.2 Å². The van der Waals surface area contributed by atoms with Gasteiger partial charge in [-0.15, -0.1) is 11.3 Å². The highest BCUT2D eigenvalue weighted by Gasteiger charge is 2.24. The lowest BCUT2D eigenvalue weighted by molar-refractivity contribution is -0.117. The number of primary amides is 1. The van der Waals surface area contributed by atoms with Gasteiger partial charge < -0.3 is 5.73 Å². The highest BCUT2D eigenvalue weighted by Crippen LogP contribution is 2.35. The summed E-state index contributed by atoms with van der Waals surface area (Å²) in [6, 6.07) is 0.0355. The fraction of sp³-hybridized carbons (Fsp3) is 0.611. The third kappa shape index (κ3) is 3.49. The SMILES string of the molecule is CCC(C)n1c(SC(C)C(N)=O)nc2sc3c(c2c1=O)CCCCC3. The lowest BCUT2D eigenvalue weighted by Crippen LogP contribution is -2.29. The number of carbonyl (C=O) groups excluding carboxylic acids is 1. The number of hydrogen-bond donors (Lipinski definition) is 1. The Labute approximate surface area is 156 Å². The van der Waals surface area contributed by atoms with Crippen LogP contribution in [0.5, 0.6) is 0 Å². The Balaban J connectivity index is 2.22. The number of aryl methyl sites for hydroxylation is 2. The minimum absolute atomic E-state index is 0.0355. The van der Waals surface area contributed by atoms with Gasteiger partial charge >= 0.3 is 0 Å². The quantitative estimate of drug-likeness (QED) is 0.488. The number of rotatable bonds is 5. The van der Waals surface area contributed by atoms with Crippen molar-refractivity contribution < 1.29 is 4.79 Å². The average molecular weight is 380 g/mol. The van der Waals surface area contributed by atoms with Crippen LogP contribution in [0.3, 0.4) is 0 Å². The number of amides is 1. The molecule has 0 saturated heterocycles. The van der Waals surface area contributed by atoms with Gasteiger partial charge in [-0.25, -0.2) is 4.98 Å². The largest absolute Gasteiger partial charge is 0.369 e. The van der Waals surface area contributed by atoms with Gasteiger partial charge in [-0.2, -0.15) is 0 Å². The maximum absolute atomic E-state index is 13.3. The minimum atomic E-state index is -0.419. The first-order valence-corrected chi connectivity index (χ1v) is 10.7. The Morgan fingerprint density at radius 1 is 1.32 bits per heavy atom. The Morgan fingerprint density at radius 2 is 2.04 bits per heavy atom. The summed E-state index contributed by atoms with van der Waals surface area (Å²) in [5, 5.41) is 0.991. The molecule has 3 rings (SSSR count). The van der Waals surface area contributed by atoms with E-state index >= 15 is 0 Å². The van der Waals surface area contributed by atoms with E-state index in [4.69, 9.17) is 10.7 Å². The first kappa shape index (κ1) is 18.5. The Kier molecular flexibility index (Phi) is 5.53. The van der Waals surface area contributed by atoms with Crippen molar-refractivity contribution in [3.63, 3.8) is 0 Å². The van der Waals surface area contributed by atoms with Gasteiger partial charge in [0.2, 0.25) is 5.91 Å². The number of thiophene rings is 1. The Bertz CT molecular complexity index is 856. The molecule has 0 aromatic carbocycles. The van der Waals surface area contributed by atoms with Crippen LogP contribution in [-0.4, -0.2) is 20.7 Å². The van der Waals surface area contributed by atoms with Crippen LogP contribution in [0.1, 0.15) is 62.9 Å². The van der Waals surface area contributed by atoms with E-state index in [1.54, 1.807) is 22.8 Å². The Morgan fingerprint density at radius 3 is 2.72 bits per heavy atom. The molecule has 1 aliphatic carbocycles. The number of hydrogen-bond acceptors (Lipinski definition) is 5. The predicted octanol–water partition coefficient (Wildman–Crippen LogP) is 3.66. The molecule has 0 radical (unpaired) electrons. The normalized spacial score (nSPS) is 17.1. The molecule has 0 bridgehead atoms. The van der Waals surface area contributed by atoms with Crippen molar-refractivity contribution in [2.75, 3.05) is 0 Å². The van der Waals surface area contributed by atoms with E-state index in [9.17, 15) is 9.59 Å². The van der Waals surface area contributed by atoms with Gasteiger partial charge in [-0.1, -0.05) is 25.1 Å². The molecule has 25 heavy (non-hydrogen) atoms. The topological polar surface area (TPSA) is 78.0 Å². The molecule has 136 valence electrons. The molecule has 0 aliphatic heterocycles. The van der Waals surface area contributed by atoms with Gasteiger partial charge in [0.1, 0.15) is 4.83 Å². The zero-order chi connectivity index (χ0) is 18.1. The summed E-state index contributed by atoms with van der Waals surface area (Å²) in [7, 11) is 0. The van der Waals surface area contributed by atoms with Crippen molar-refractivity contribution in [3.8, 4) is 0 Å². The van der Waals surface area contributed by atoms with Gasteiger partial charge in [0, 0.05) is 10.9 Å². The van der Waals surface area contributed by atoms with Gasteiger partial charge in [0.15, 0.2) is 5.16 Å². The van der Waals surface area contributed by atoms with Crippen LogP contribution >= 0.6 is 23.1 Å². The van der Waals surface area contributed by atoms with Crippen LogP contribution in [0.2, 0.25) is 0 Å². The third-order valence-electron chi connectivity index (χ3n) is 4.95. The molecular weight excluding hydrogens is 354 g/mol. The number of nitrogens with zero attached hydrogens (tertiary/aromatic N) is 2. The van der Waals surface area contributed by atoms with Crippen LogP contribution in [0, 0.1) is 0 Å². The minimum Gasteiger partial charge on any atom is -0.369 e. The molecule has 0 fully saturated rings. The molecule has 1 amide bonds.